The van der Waals surface area contributed by atoms with E-state index in [1.165, 1.54) is 11.3 Å². The molecule has 62 heavy (non-hydrogen) atoms. The Labute approximate surface area is 370 Å². The molecule has 4 aliphatic rings. The molecule has 4 aromatic rings. The molecule has 332 valence electrons. The van der Waals surface area contributed by atoms with Gasteiger partial charge in [0.2, 0.25) is 13.3 Å². The zero-order valence-electron chi connectivity index (χ0n) is 36.6. The van der Waals surface area contributed by atoms with E-state index in [1.807, 2.05) is 60.0 Å². The predicted octanol–water partition coefficient (Wildman–Crippen LogP) is 10.6. The lowest BCUT2D eigenvalue weighted by atomic mass is 9.89. The lowest BCUT2D eigenvalue weighted by molar-refractivity contribution is -0.143. The number of rotatable bonds is 13. The first kappa shape index (κ1) is 44.5. The SMILES string of the molecule is COc1ccc2c(O[C@@H]3C[C@H]4C(=O)C[C@]5(P(=O)(O)Cc6ccccc6)C[C@H]5CCCCCCC[C@H](CC(=O)CC5CCCC5)C(=O)N4C3)cc(-c3csc(NC(C)C)n3)nc2c1. The molecule has 0 radical (unpaired) electrons. The van der Waals surface area contributed by atoms with Crippen molar-refractivity contribution in [2.45, 2.75) is 146 Å². The van der Waals surface area contributed by atoms with Crippen LogP contribution in [0.3, 0.4) is 0 Å². The summed E-state index contributed by atoms with van der Waals surface area (Å²) >= 11 is 1.50. The first-order chi connectivity index (χ1) is 29.9. The van der Waals surface area contributed by atoms with Crippen LogP contribution in [-0.2, 0) is 25.1 Å². The Morgan fingerprint density at radius 2 is 1.69 bits per heavy atom. The van der Waals surface area contributed by atoms with Crippen LogP contribution in [0.25, 0.3) is 22.3 Å². The third-order valence-corrected chi connectivity index (χ3v) is 17.6. The zero-order chi connectivity index (χ0) is 43.4. The van der Waals surface area contributed by atoms with E-state index >= 15 is 4.79 Å². The van der Waals surface area contributed by atoms with Gasteiger partial charge in [-0.15, -0.1) is 11.3 Å². The fraction of sp³-hybridized carbons (Fsp3) is 0.571. The summed E-state index contributed by atoms with van der Waals surface area (Å²) in [4.78, 5) is 67.1. The lowest BCUT2D eigenvalue weighted by Crippen LogP contribution is -2.45. The van der Waals surface area contributed by atoms with Crippen LogP contribution >= 0.6 is 18.7 Å². The Kier molecular flexibility index (Phi) is 13.9. The number of hydrogen-bond donors (Lipinski definition) is 2. The predicted molar refractivity (Wildman–Crippen MR) is 245 cm³/mol. The Morgan fingerprint density at radius 1 is 0.952 bits per heavy atom. The summed E-state index contributed by atoms with van der Waals surface area (Å²) in [6, 6.07) is 16.3. The molecular formula is C49H63N4O7PS. The lowest BCUT2D eigenvalue weighted by Gasteiger charge is -2.30. The van der Waals surface area contributed by atoms with E-state index in [4.69, 9.17) is 19.4 Å². The molecule has 2 aromatic carbocycles. The minimum atomic E-state index is -3.87. The number of hydrogen-bond acceptors (Lipinski definition) is 10. The number of carbonyl (C=O) groups is 3. The van der Waals surface area contributed by atoms with Crippen molar-refractivity contribution in [3.63, 3.8) is 0 Å². The molecule has 1 unspecified atom stereocenters. The van der Waals surface area contributed by atoms with E-state index in [2.05, 4.69) is 19.2 Å². The van der Waals surface area contributed by atoms with E-state index in [0.29, 0.717) is 53.6 Å². The highest BCUT2D eigenvalue weighted by atomic mass is 32.1. The second-order valence-electron chi connectivity index (χ2n) is 18.8. The number of fused-ring (bicyclic) bond motifs is 3. The van der Waals surface area contributed by atoms with Crippen LogP contribution < -0.4 is 14.8 Å². The van der Waals surface area contributed by atoms with Crippen molar-refractivity contribution in [1.29, 1.82) is 0 Å². The summed E-state index contributed by atoms with van der Waals surface area (Å²) in [7, 11) is -2.26. The molecule has 0 bridgehead atoms. The van der Waals surface area contributed by atoms with Crippen molar-refractivity contribution in [1.82, 2.24) is 14.9 Å². The highest BCUT2D eigenvalue weighted by Crippen LogP contribution is 2.75. The third-order valence-electron chi connectivity index (χ3n) is 13.9. The highest BCUT2D eigenvalue weighted by molar-refractivity contribution is 7.59. The van der Waals surface area contributed by atoms with E-state index in [-0.39, 0.29) is 61.4 Å². The Bertz CT molecular complexity index is 2280. The Balaban J connectivity index is 1.12. The van der Waals surface area contributed by atoms with Gasteiger partial charge < -0.3 is 24.6 Å². The van der Waals surface area contributed by atoms with E-state index in [0.717, 1.165) is 80.3 Å². The van der Waals surface area contributed by atoms with Gasteiger partial charge in [0.15, 0.2) is 10.9 Å². The van der Waals surface area contributed by atoms with Gasteiger partial charge in [-0.25, -0.2) is 9.97 Å². The molecule has 4 fully saturated rings. The molecule has 2 saturated carbocycles. The fourth-order valence-electron chi connectivity index (χ4n) is 10.5. The normalized spacial score (nSPS) is 26.0. The van der Waals surface area contributed by atoms with Gasteiger partial charge in [-0.3, -0.25) is 18.9 Å². The average Bonchev–Trinajstić information content (AvgIpc) is 3.66. The summed E-state index contributed by atoms with van der Waals surface area (Å²) in [6.45, 7) is 4.28. The number of amides is 1. The minimum Gasteiger partial charge on any atom is -0.497 e. The number of thiazole rings is 1. The molecule has 2 aliphatic carbocycles. The number of Topliss-reactive ketones (excluding diaryl/α,β-unsaturated/α-hetero) is 2. The van der Waals surface area contributed by atoms with Crippen LogP contribution in [0.4, 0.5) is 5.13 Å². The van der Waals surface area contributed by atoms with Gasteiger partial charge in [0.1, 0.15) is 29.1 Å². The summed E-state index contributed by atoms with van der Waals surface area (Å²) in [6.07, 6.45) is 11.4. The van der Waals surface area contributed by atoms with Crippen LogP contribution in [0.5, 0.6) is 11.5 Å². The molecule has 2 saturated heterocycles. The van der Waals surface area contributed by atoms with E-state index < -0.39 is 30.6 Å². The van der Waals surface area contributed by atoms with Crippen LogP contribution in [0.1, 0.15) is 122 Å². The largest absolute Gasteiger partial charge is 0.497 e. The quantitative estimate of drug-likeness (QED) is 0.124. The van der Waals surface area contributed by atoms with Crippen LogP contribution in [-0.4, -0.2) is 74.2 Å². The fourth-order valence-corrected chi connectivity index (χ4v) is 14.0. The maximum Gasteiger partial charge on any atom is 0.226 e. The van der Waals surface area contributed by atoms with Crippen LogP contribution in [0.2, 0.25) is 0 Å². The number of nitrogens with one attached hydrogen (secondary N) is 1. The number of ketones is 2. The standard InChI is InChI=1S/C49H63N4O7PS/c1-32(2)50-48-52-43(31-62-48)42-26-46(40-21-20-38(59-3)24-41(40)51-42)60-39-25-44-45(55)28-49(61(57,58)30-34-16-8-7-9-17-34)27-36(49)19-11-6-4-5-10-18-35(47(56)53(44)29-39)23-37(54)22-33-14-12-13-15-33/h7-9,16-17,20-21,24,26,31-33,35-36,39,44H,4-6,10-15,18-19,22-23,25,27-30H2,1-3H3,(H,50,52)(H,57,58)/t35-,36-,39-,44+,49-/m1/s1. The second-order valence-corrected chi connectivity index (χ2v) is 22.3. The Hall–Kier alpha value is -4.12. The topological polar surface area (TPSA) is 148 Å². The number of ether oxygens (including phenoxy) is 2. The summed E-state index contributed by atoms with van der Waals surface area (Å²) in [5.74, 6) is 0.764. The van der Waals surface area contributed by atoms with E-state index in [1.54, 1.807) is 12.0 Å². The first-order valence-corrected chi connectivity index (χ1v) is 25.7. The van der Waals surface area contributed by atoms with Gasteiger partial charge in [-0.05, 0) is 62.6 Å². The zero-order valence-corrected chi connectivity index (χ0v) is 38.3. The first-order valence-electron chi connectivity index (χ1n) is 23.0. The molecule has 4 heterocycles. The maximum absolute atomic E-state index is 15.0. The number of aromatic nitrogens is 2. The van der Waals surface area contributed by atoms with Crippen molar-refractivity contribution in [2.24, 2.45) is 17.8 Å². The smallest absolute Gasteiger partial charge is 0.226 e. The van der Waals surface area contributed by atoms with Gasteiger partial charge in [0, 0.05) is 60.5 Å². The summed E-state index contributed by atoms with van der Waals surface area (Å²) < 4.78 is 27.1. The second kappa shape index (κ2) is 19.3. The highest BCUT2D eigenvalue weighted by Gasteiger charge is 2.65. The van der Waals surface area contributed by atoms with Crippen molar-refractivity contribution >= 4 is 52.2 Å². The molecule has 8 rings (SSSR count). The third kappa shape index (κ3) is 10.1. The van der Waals surface area contributed by atoms with Crippen LogP contribution in [0, 0.1) is 17.8 Å². The van der Waals surface area contributed by atoms with E-state index in [9.17, 15) is 19.0 Å². The Morgan fingerprint density at radius 3 is 2.45 bits per heavy atom. The van der Waals surface area contributed by atoms with Crippen molar-refractivity contribution in [3.8, 4) is 22.9 Å². The van der Waals surface area contributed by atoms with Gasteiger partial charge in [-0.2, -0.15) is 0 Å². The monoisotopic (exact) mass is 882 g/mol. The van der Waals surface area contributed by atoms with Gasteiger partial charge in [0.25, 0.3) is 0 Å². The summed E-state index contributed by atoms with van der Waals surface area (Å²) in [5.41, 5.74) is 2.75. The number of nitrogens with zero attached hydrogens (tertiary/aromatic N) is 3. The van der Waals surface area contributed by atoms with Crippen molar-refractivity contribution in [2.75, 3.05) is 19.0 Å². The molecule has 2 aliphatic heterocycles. The molecule has 6 atom stereocenters. The van der Waals surface area contributed by atoms with Gasteiger partial charge in [0.05, 0.1) is 42.2 Å². The number of carbonyl (C=O) groups excluding carboxylic acids is 3. The van der Waals surface area contributed by atoms with Crippen molar-refractivity contribution in [3.05, 3.63) is 65.5 Å². The molecule has 13 heteroatoms. The maximum atomic E-state index is 15.0. The molecule has 2 N–H and O–H groups in total. The van der Waals surface area contributed by atoms with Gasteiger partial charge >= 0.3 is 0 Å². The molecule has 11 nitrogen and oxygen atoms in total. The van der Waals surface area contributed by atoms with Crippen molar-refractivity contribution < 1.29 is 33.3 Å². The summed E-state index contributed by atoms with van der Waals surface area (Å²) in [5, 5.41) is 5.83. The molecule has 0 spiro atoms. The minimum absolute atomic E-state index is 0.0120. The van der Waals surface area contributed by atoms with Gasteiger partial charge in [-0.1, -0.05) is 88.1 Å². The number of benzene rings is 2. The molecule has 2 aromatic heterocycles. The van der Waals surface area contributed by atoms with Crippen LogP contribution in [0.15, 0.2) is 60.0 Å². The average molecular weight is 883 g/mol. The molecule has 1 amide bonds. The number of anilines is 1. The number of methoxy groups -OCH3 is 1. The number of pyridine rings is 1. The molecular weight excluding hydrogens is 820 g/mol.